The molecule has 0 atom stereocenters. The summed E-state index contributed by atoms with van der Waals surface area (Å²) in [5.74, 6) is 0.0516. The van der Waals surface area contributed by atoms with Gasteiger partial charge in [0.25, 0.3) is 5.91 Å². The molecule has 1 fully saturated rings. The van der Waals surface area contributed by atoms with E-state index in [0.29, 0.717) is 21.3 Å². The Morgan fingerprint density at radius 3 is 2.60 bits per heavy atom. The van der Waals surface area contributed by atoms with Crippen molar-refractivity contribution in [3.8, 4) is 0 Å². The van der Waals surface area contributed by atoms with Gasteiger partial charge in [-0.2, -0.15) is 0 Å². The SMILES string of the molecule is CC(C)(Cc1ccccc1Cl)NC(=O)c1ccc(NC(=O)C2CC2)s1. The molecule has 3 rings (SSSR count). The summed E-state index contributed by atoms with van der Waals surface area (Å²) in [7, 11) is 0. The minimum absolute atomic E-state index is 0.0489. The summed E-state index contributed by atoms with van der Waals surface area (Å²) in [5, 5.41) is 7.34. The molecule has 1 aliphatic rings. The Morgan fingerprint density at radius 1 is 1.20 bits per heavy atom. The Labute approximate surface area is 156 Å². The number of anilines is 1. The van der Waals surface area contributed by atoms with Crippen LogP contribution in [-0.2, 0) is 11.2 Å². The molecule has 0 bridgehead atoms. The van der Waals surface area contributed by atoms with Crippen molar-refractivity contribution >= 4 is 39.8 Å². The largest absolute Gasteiger partial charge is 0.346 e. The first-order chi connectivity index (χ1) is 11.8. The second-order valence-electron chi connectivity index (χ2n) is 7.03. The lowest BCUT2D eigenvalue weighted by atomic mass is 9.95. The number of hydrogen-bond donors (Lipinski definition) is 2. The molecule has 0 spiro atoms. The van der Waals surface area contributed by atoms with E-state index >= 15 is 0 Å². The maximum absolute atomic E-state index is 12.5. The monoisotopic (exact) mass is 376 g/mol. The summed E-state index contributed by atoms with van der Waals surface area (Å²) in [4.78, 5) is 24.9. The van der Waals surface area contributed by atoms with E-state index < -0.39 is 5.54 Å². The smallest absolute Gasteiger partial charge is 0.261 e. The van der Waals surface area contributed by atoms with E-state index in [2.05, 4.69) is 10.6 Å². The number of carbonyl (C=O) groups excluding carboxylic acids is 2. The highest BCUT2D eigenvalue weighted by molar-refractivity contribution is 7.18. The molecule has 1 aromatic carbocycles. The van der Waals surface area contributed by atoms with Crippen molar-refractivity contribution in [3.63, 3.8) is 0 Å². The van der Waals surface area contributed by atoms with E-state index in [1.165, 1.54) is 11.3 Å². The lowest BCUT2D eigenvalue weighted by molar-refractivity contribution is -0.117. The van der Waals surface area contributed by atoms with Gasteiger partial charge in [-0.05, 0) is 56.9 Å². The molecular formula is C19H21ClN2O2S. The van der Waals surface area contributed by atoms with Crippen molar-refractivity contribution in [1.29, 1.82) is 0 Å². The van der Waals surface area contributed by atoms with Gasteiger partial charge in [-0.15, -0.1) is 11.3 Å². The Hall–Kier alpha value is -1.85. The topological polar surface area (TPSA) is 58.2 Å². The minimum atomic E-state index is -0.441. The molecule has 25 heavy (non-hydrogen) atoms. The average Bonchev–Trinajstić information content (AvgIpc) is 3.29. The second kappa shape index (κ2) is 7.18. The van der Waals surface area contributed by atoms with Crippen LogP contribution in [0.5, 0.6) is 0 Å². The highest BCUT2D eigenvalue weighted by Gasteiger charge is 2.30. The van der Waals surface area contributed by atoms with Crippen LogP contribution in [0.3, 0.4) is 0 Å². The van der Waals surface area contributed by atoms with Crippen LogP contribution >= 0.6 is 22.9 Å². The fourth-order valence-corrected chi connectivity index (χ4v) is 3.63. The Kier molecular flexibility index (Phi) is 5.16. The molecule has 6 heteroatoms. The number of nitrogens with one attached hydrogen (secondary N) is 2. The van der Waals surface area contributed by atoms with E-state index in [1.807, 2.05) is 38.1 Å². The van der Waals surface area contributed by atoms with Crippen molar-refractivity contribution in [2.45, 2.75) is 38.6 Å². The predicted molar refractivity (Wildman–Crippen MR) is 102 cm³/mol. The summed E-state index contributed by atoms with van der Waals surface area (Å²) in [6, 6.07) is 11.2. The van der Waals surface area contributed by atoms with Gasteiger partial charge in [0.05, 0.1) is 9.88 Å². The maximum atomic E-state index is 12.5. The lowest BCUT2D eigenvalue weighted by Crippen LogP contribution is -2.44. The fourth-order valence-electron chi connectivity index (χ4n) is 2.63. The van der Waals surface area contributed by atoms with E-state index in [4.69, 9.17) is 11.6 Å². The molecule has 1 saturated carbocycles. The van der Waals surface area contributed by atoms with Crippen molar-refractivity contribution in [3.05, 3.63) is 51.9 Å². The zero-order valence-electron chi connectivity index (χ0n) is 14.3. The molecule has 1 aromatic heterocycles. The zero-order chi connectivity index (χ0) is 18.0. The normalized spacial score (nSPS) is 14.2. The van der Waals surface area contributed by atoms with Gasteiger partial charge in [0, 0.05) is 16.5 Å². The highest BCUT2D eigenvalue weighted by atomic mass is 35.5. The van der Waals surface area contributed by atoms with Crippen molar-refractivity contribution in [1.82, 2.24) is 5.32 Å². The molecule has 2 amide bonds. The van der Waals surface area contributed by atoms with Gasteiger partial charge in [-0.1, -0.05) is 29.8 Å². The third kappa shape index (κ3) is 4.83. The first kappa shape index (κ1) is 18.0. The van der Waals surface area contributed by atoms with E-state index in [9.17, 15) is 9.59 Å². The van der Waals surface area contributed by atoms with E-state index in [1.54, 1.807) is 12.1 Å². The van der Waals surface area contributed by atoms with Gasteiger partial charge in [-0.25, -0.2) is 0 Å². The number of hydrogen-bond acceptors (Lipinski definition) is 3. The molecule has 0 radical (unpaired) electrons. The fraction of sp³-hybridized carbons (Fsp3) is 0.368. The first-order valence-electron chi connectivity index (χ1n) is 8.31. The molecule has 1 heterocycles. The van der Waals surface area contributed by atoms with Crippen LogP contribution < -0.4 is 10.6 Å². The molecule has 132 valence electrons. The predicted octanol–water partition coefficient (Wildman–Crippen LogP) is 4.50. The second-order valence-corrected chi connectivity index (χ2v) is 8.52. The van der Waals surface area contributed by atoms with Crippen LogP contribution in [0.25, 0.3) is 0 Å². The molecule has 0 saturated heterocycles. The van der Waals surface area contributed by atoms with Gasteiger partial charge < -0.3 is 10.6 Å². The molecule has 4 nitrogen and oxygen atoms in total. The molecule has 2 N–H and O–H groups in total. The van der Waals surface area contributed by atoms with E-state index in [-0.39, 0.29) is 17.7 Å². The van der Waals surface area contributed by atoms with Crippen LogP contribution in [-0.4, -0.2) is 17.4 Å². The Balaban J connectivity index is 1.61. The van der Waals surface area contributed by atoms with Crippen LogP contribution in [0, 0.1) is 5.92 Å². The average molecular weight is 377 g/mol. The molecule has 0 aliphatic heterocycles. The van der Waals surface area contributed by atoms with Gasteiger partial charge in [-0.3, -0.25) is 9.59 Å². The first-order valence-corrected chi connectivity index (χ1v) is 9.50. The number of carbonyl (C=O) groups is 2. The molecule has 2 aromatic rings. The highest BCUT2D eigenvalue weighted by Crippen LogP contribution is 2.31. The molecule has 1 aliphatic carbocycles. The van der Waals surface area contributed by atoms with Gasteiger partial charge in [0.2, 0.25) is 5.91 Å². The summed E-state index contributed by atoms with van der Waals surface area (Å²) >= 11 is 7.51. The summed E-state index contributed by atoms with van der Waals surface area (Å²) in [6.07, 6.45) is 2.55. The van der Waals surface area contributed by atoms with Crippen LogP contribution in [0.4, 0.5) is 5.00 Å². The van der Waals surface area contributed by atoms with Gasteiger partial charge in [0.1, 0.15) is 0 Å². The van der Waals surface area contributed by atoms with Crippen LogP contribution in [0.15, 0.2) is 36.4 Å². The van der Waals surface area contributed by atoms with Crippen molar-refractivity contribution in [2.75, 3.05) is 5.32 Å². The maximum Gasteiger partial charge on any atom is 0.261 e. The standard InChI is InChI=1S/C19H21ClN2O2S/c1-19(2,11-13-5-3-4-6-14(13)20)22-18(24)15-9-10-16(25-15)21-17(23)12-7-8-12/h3-6,9-10,12H,7-8,11H2,1-2H3,(H,21,23)(H,22,24). The van der Waals surface area contributed by atoms with Crippen LogP contribution in [0.1, 0.15) is 41.9 Å². The summed E-state index contributed by atoms with van der Waals surface area (Å²) < 4.78 is 0. The van der Waals surface area contributed by atoms with E-state index in [0.717, 1.165) is 18.4 Å². The number of halogens is 1. The summed E-state index contributed by atoms with van der Waals surface area (Å²) in [6.45, 7) is 3.94. The number of thiophene rings is 1. The van der Waals surface area contributed by atoms with Gasteiger partial charge in [0.15, 0.2) is 0 Å². The third-order valence-electron chi connectivity index (χ3n) is 4.07. The van der Waals surface area contributed by atoms with Gasteiger partial charge >= 0.3 is 0 Å². The number of rotatable bonds is 6. The lowest BCUT2D eigenvalue weighted by Gasteiger charge is -2.26. The van der Waals surface area contributed by atoms with Crippen molar-refractivity contribution in [2.24, 2.45) is 5.92 Å². The van der Waals surface area contributed by atoms with Crippen molar-refractivity contribution < 1.29 is 9.59 Å². The number of benzene rings is 1. The molecular weight excluding hydrogens is 356 g/mol. The number of amides is 2. The molecule has 0 unspecified atom stereocenters. The zero-order valence-corrected chi connectivity index (χ0v) is 15.8. The quantitative estimate of drug-likeness (QED) is 0.779. The Bertz CT molecular complexity index is 796. The minimum Gasteiger partial charge on any atom is -0.346 e. The summed E-state index contributed by atoms with van der Waals surface area (Å²) in [5.41, 5.74) is 0.557. The van der Waals surface area contributed by atoms with Crippen LogP contribution in [0.2, 0.25) is 5.02 Å². The third-order valence-corrected chi connectivity index (χ3v) is 5.43. The Morgan fingerprint density at radius 2 is 1.92 bits per heavy atom.